The summed E-state index contributed by atoms with van der Waals surface area (Å²) in [6.45, 7) is 0.867. The number of aryl methyl sites for hydroxylation is 1. The Balaban J connectivity index is 2.67. The third-order valence-corrected chi connectivity index (χ3v) is 4.32. The van der Waals surface area contributed by atoms with Crippen molar-refractivity contribution >= 4 is 17.9 Å². The highest BCUT2D eigenvalue weighted by molar-refractivity contribution is 5.87. The highest BCUT2D eigenvalue weighted by Gasteiger charge is 2.27. The van der Waals surface area contributed by atoms with Crippen LogP contribution in [0.3, 0.4) is 0 Å². The first-order chi connectivity index (χ1) is 13.1. The highest BCUT2D eigenvalue weighted by atomic mass is 16.5. The molecule has 9 heteroatoms. The second-order valence-electron chi connectivity index (χ2n) is 6.13. The third-order valence-electron chi connectivity index (χ3n) is 4.32. The van der Waals surface area contributed by atoms with E-state index in [1.54, 1.807) is 0 Å². The van der Waals surface area contributed by atoms with Gasteiger partial charge in [0.05, 0.1) is 24.7 Å². The van der Waals surface area contributed by atoms with E-state index in [0.717, 1.165) is 4.57 Å². The van der Waals surface area contributed by atoms with Gasteiger partial charge in [0.2, 0.25) is 0 Å². The SMILES string of the molecule is COC(=O)C[C@H](c1ccc(C(=O)O)cc1)c1c(O)cc(C)n(CC(=O)O)c1=O. The lowest BCUT2D eigenvalue weighted by Gasteiger charge is -2.20. The number of aromatic carboxylic acids is 1. The molecule has 0 amide bonds. The summed E-state index contributed by atoms with van der Waals surface area (Å²) < 4.78 is 5.65. The number of carboxylic acids is 2. The van der Waals surface area contributed by atoms with Crippen LogP contribution in [0.25, 0.3) is 0 Å². The lowest BCUT2D eigenvalue weighted by molar-refractivity contribution is -0.141. The zero-order valence-corrected chi connectivity index (χ0v) is 15.2. The first-order valence-corrected chi connectivity index (χ1v) is 8.20. The highest BCUT2D eigenvalue weighted by Crippen LogP contribution is 2.32. The van der Waals surface area contributed by atoms with Crippen LogP contribution in [0, 0.1) is 6.92 Å². The van der Waals surface area contributed by atoms with Gasteiger partial charge in [-0.05, 0) is 30.7 Å². The minimum absolute atomic E-state index is 0.0111. The van der Waals surface area contributed by atoms with Crippen molar-refractivity contribution in [2.24, 2.45) is 0 Å². The second kappa shape index (κ2) is 8.38. The van der Waals surface area contributed by atoms with Gasteiger partial charge in [0, 0.05) is 11.6 Å². The molecule has 0 radical (unpaired) electrons. The molecule has 0 spiro atoms. The lowest BCUT2D eigenvalue weighted by Crippen LogP contribution is -2.30. The number of aromatic nitrogens is 1. The van der Waals surface area contributed by atoms with Crippen molar-refractivity contribution in [3.05, 3.63) is 63.1 Å². The summed E-state index contributed by atoms with van der Waals surface area (Å²) in [5.41, 5.74) is -0.270. The van der Waals surface area contributed by atoms with Crippen LogP contribution in [0.15, 0.2) is 35.1 Å². The van der Waals surface area contributed by atoms with Crippen LogP contribution >= 0.6 is 0 Å². The van der Waals surface area contributed by atoms with E-state index in [-0.39, 0.29) is 29.0 Å². The molecule has 0 aliphatic heterocycles. The number of carboxylic acid groups (broad SMARTS) is 2. The number of ether oxygens (including phenoxy) is 1. The standard InChI is InChI=1S/C19H19NO8/c1-10-7-14(21)17(18(25)20(10)9-15(22)23)13(8-16(24)28-2)11-3-5-12(6-4-11)19(26)27/h3-7,13,21H,8-9H2,1-2H3,(H,22,23)(H,26,27)/t13-/m1/s1. The Kier molecular flexibility index (Phi) is 6.19. The molecule has 0 aliphatic carbocycles. The van der Waals surface area contributed by atoms with Crippen molar-refractivity contribution in [3.63, 3.8) is 0 Å². The molecule has 0 saturated carbocycles. The van der Waals surface area contributed by atoms with E-state index in [2.05, 4.69) is 4.74 Å². The normalized spacial score (nSPS) is 11.6. The summed E-state index contributed by atoms with van der Waals surface area (Å²) in [6.07, 6.45) is -0.304. The number of rotatable bonds is 7. The van der Waals surface area contributed by atoms with E-state index < -0.39 is 35.9 Å². The topological polar surface area (TPSA) is 143 Å². The van der Waals surface area contributed by atoms with Crippen molar-refractivity contribution in [1.82, 2.24) is 4.57 Å². The molecule has 0 saturated heterocycles. The Bertz CT molecular complexity index is 975. The Labute approximate surface area is 159 Å². The molecule has 148 valence electrons. The molecule has 0 bridgehead atoms. The number of aromatic hydroxyl groups is 1. The maximum atomic E-state index is 12.9. The van der Waals surface area contributed by atoms with Crippen LogP contribution in [-0.4, -0.2) is 44.9 Å². The lowest BCUT2D eigenvalue weighted by atomic mass is 9.88. The number of esters is 1. The van der Waals surface area contributed by atoms with Gasteiger partial charge in [-0.25, -0.2) is 4.79 Å². The maximum absolute atomic E-state index is 12.9. The second-order valence-corrected chi connectivity index (χ2v) is 6.13. The molecule has 28 heavy (non-hydrogen) atoms. The third kappa shape index (κ3) is 4.37. The zero-order chi connectivity index (χ0) is 21.0. The Morgan fingerprint density at radius 2 is 1.75 bits per heavy atom. The van der Waals surface area contributed by atoms with Gasteiger partial charge in [0.1, 0.15) is 12.3 Å². The number of hydrogen-bond donors (Lipinski definition) is 3. The fourth-order valence-electron chi connectivity index (χ4n) is 2.92. The summed E-state index contributed by atoms with van der Waals surface area (Å²) in [5.74, 6) is -4.38. The number of pyridine rings is 1. The number of nitrogens with zero attached hydrogens (tertiary/aromatic N) is 1. The fourth-order valence-corrected chi connectivity index (χ4v) is 2.92. The number of carbonyl (C=O) groups is 3. The minimum Gasteiger partial charge on any atom is -0.507 e. The van der Waals surface area contributed by atoms with Crippen molar-refractivity contribution in [2.45, 2.75) is 25.8 Å². The van der Waals surface area contributed by atoms with Gasteiger partial charge in [-0.1, -0.05) is 12.1 Å². The molecule has 0 aliphatic rings. The van der Waals surface area contributed by atoms with Gasteiger partial charge in [-0.15, -0.1) is 0 Å². The molecule has 0 unspecified atom stereocenters. The van der Waals surface area contributed by atoms with Crippen molar-refractivity contribution in [2.75, 3.05) is 7.11 Å². The first kappa shape index (κ1) is 20.7. The van der Waals surface area contributed by atoms with Crippen molar-refractivity contribution in [1.29, 1.82) is 0 Å². The van der Waals surface area contributed by atoms with Crippen LogP contribution in [0.4, 0.5) is 0 Å². The quantitative estimate of drug-likeness (QED) is 0.602. The number of benzene rings is 1. The van der Waals surface area contributed by atoms with Crippen molar-refractivity contribution in [3.8, 4) is 5.75 Å². The minimum atomic E-state index is -1.24. The van der Waals surface area contributed by atoms with E-state index >= 15 is 0 Å². The smallest absolute Gasteiger partial charge is 0.335 e. The molecule has 2 aromatic rings. The van der Waals surface area contributed by atoms with Crippen LogP contribution in [-0.2, 0) is 20.9 Å². The van der Waals surface area contributed by atoms with Crippen LogP contribution in [0.1, 0.15) is 39.5 Å². The van der Waals surface area contributed by atoms with E-state index in [0.29, 0.717) is 5.56 Å². The molecule has 1 atom stereocenters. The summed E-state index contributed by atoms with van der Waals surface area (Å²) in [6, 6.07) is 6.72. The predicted octanol–water partition coefficient (Wildman–Crippen LogP) is 1.34. The monoisotopic (exact) mass is 389 g/mol. The van der Waals surface area contributed by atoms with Gasteiger partial charge in [0.25, 0.3) is 5.56 Å². The number of carbonyl (C=O) groups excluding carboxylic acids is 1. The molecule has 0 fully saturated rings. The van der Waals surface area contributed by atoms with Gasteiger partial charge < -0.3 is 24.6 Å². The molecule has 1 aromatic heterocycles. The summed E-state index contributed by atoms with van der Waals surface area (Å²) in [7, 11) is 1.17. The molecule has 1 aromatic carbocycles. The van der Waals surface area contributed by atoms with Gasteiger partial charge in [0.15, 0.2) is 0 Å². The maximum Gasteiger partial charge on any atom is 0.335 e. The summed E-state index contributed by atoms with van der Waals surface area (Å²) in [5, 5.41) is 28.5. The molecule has 9 nitrogen and oxygen atoms in total. The van der Waals surface area contributed by atoms with Crippen LogP contribution in [0.5, 0.6) is 5.75 Å². The van der Waals surface area contributed by atoms with E-state index in [1.807, 2.05) is 0 Å². The average molecular weight is 389 g/mol. The number of methoxy groups -OCH3 is 1. The van der Waals surface area contributed by atoms with E-state index in [1.165, 1.54) is 44.4 Å². The summed E-state index contributed by atoms with van der Waals surface area (Å²) >= 11 is 0. The largest absolute Gasteiger partial charge is 0.507 e. The average Bonchev–Trinajstić information content (AvgIpc) is 2.63. The van der Waals surface area contributed by atoms with Crippen LogP contribution in [0.2, 0.25) is 0 Å². The molecule has 2 rings (SSSR count). The van der Waals surface area contributed by atoms with Gasteiger partial charge in [-0.2, -0.15) is 0 Å². The number of aliphatic carboxylic acids is 1. The Morgan fingerprint density at radius 3 is 2.25 bits per heavy atom. The first-order valence-electron chi connectivity index (χ1n) is 8.20. The fraction of sp³-hybridized carbons (Fsp3) is 0.263. The van der Waals surface area contributed by atoms with Gasteiger partial charge in [-0.3, -0.25) is 14.4 Å². The molecular weight excluding hydrogens is 370 g/mol. The zero-order valence-electron chi connectivity index (χ0n) is 15.2. The predicted molar refractivity (Wildman–Crippen MR) is 96.6 cm³/mol. The Morgan fingerprint density at radius 1 is 1.14 bits per heavy atom. The molecular formula is C19H19NO8. The van der Waals surface area contributed by atoms with E-state index in [9.17, 15) is 24.3 Å². The van der Waals surface area contributed by atoms with Crippen LogP contribution < -0.4 is 5.56 Å². The Hall–Kier alpha value is -3.62. The molecule has 3 N–H and O–H groups in total. The molecule has 1 heterocycles. The number of hydrogen-bond acceptors (Lipinski definition) is 6. The van der Waals surface area contributed by atoms with Crippen molar-refractivity contribution < 1.29 is 34.4 Å². The van der Waals surface area contributed by atoms with E-state index in [4.69, 9.17) is 10.2 Å². The van der Waals surface area contributed by atoms with Gasteiger partial charge >= 0.3 is 17.9 Å². The summed E-state index contributed by atoms with van der Waals surface area (Å²) in [4.78, 5) is 46.9.